The molecule has 0 radical (unpaired) electrons. The first-order valence-electron chi connectivity index (χ1n) is 7.85. The van der Waals surface area contributed by atoms with Gasteiger partial charge in [-0.05, 0) is 31.0 Å². The maximum absolute atomic E-state index is 11.0. The molecule has 25 heavy (non-hydrogen) atoms. The van der Waals surface area contributed by atoms with Crippen molar-refractivity contribution in [3.63, 3.8) is 0 Å². The van der Waals surface area contributed by atoms with Crippen LogP contribution in [0, 0.1) is 21.4 Å². The van der Waals surface area contributed by atoms with E-state index in [1.807, 2.05) is 30.3 Å². The first-order chi connectivity index (χ1) is 12.2. The highest BCUT2D eigenvalue weighted by molar-refractivity contribution is 7.18. The van der Waals surface area contributed by atoms with E-state index in [1.165, 1.54) is 6.07 Å². The summed E-state index contributed by atoms with van der Waals surface area (Å²) in [6.07, 6.45) is 1.93. The molecule has 2 aromatic heterocycles. The lowest BCUT2D eigenvalue weighted by Gasteiger charge is -2.24. The van der Waals surface area contributed by atoms with Gasteiger partial charge in [-0.2, -0.15) is 5.26 Å². The summed E-state index contributed by atoms with van der Waals surface area (Å²) in [5.74, 6) is 0.587. The number of fused-ring (bicyclic) bond motifs is 1. The molecule has 1 aromatic carbocycles. The Bertz CT molecular complexity index is 977. The summed E-state index contributed by atoms with van der Waals surface area (Å²) in [6.45, 7) is 0.788. The van der Waals surface area contributed by atoms with E-state index in [0.717, 1.165) is 34.6 Å². The number of aromatic nitrogens is 2. The smallest absolute Gasteiger partial charge is 0.305 e. The van der Waals surface area contributed by atoms with Gasteiger partial charge < -0.3 is 4.90 Å². The van der Waals surface area contributed by atoms with Crippen molar-refractivity contribution in [2.45, 2.75) is 18.9 Å². The number of benzene rings is 1. The fourth-order valence-electron chi connectivity index (χ4n) is 3.16. The number of anilines is 1. The Hall–Kier alpha value is -3.05. The Morgan fingerprint density at radius 1 is 1.28 bits per heavy atom. The number of hydrogen-bond acceptors (Lipinski definition) is 7. The highest BCUT2D eigenvalue weighted by Gasteiger charge is 2.30. The molecule has 0 bridgehead atoms. The van der Waals surface area contributed by atoms with Crippen molar-refractivity contribution in [3.8, 4) is 6.07 Å². The molecular formula is C17H13N5O2S. The number of rotatable bonds is 3. The maximum atomic E-state index is 11.0. The maximum Gasteiger partial charge on any atom is 0.305 e. The lowest BCUT2D eigenvalue weighted by atomic mass is 10.2. The summed E-state index contributed by atoms with van der Waals surface area (Å²) in [5.41, 5.74) is 0.558. The number of nitro groups is 1. The zero-order valence-corrected chi connectivity index (χ0v) is 13.9. The SMILES string of the molecule is N#Cc1nc(N2CCCC2c2nc3ccccc3s2)ccc1[N+](=O)[O-]. The molecule has 0 amide bonds. The molecule has 1 unspecified atom stereocenters. The van der Waals surface area contributed by atoms with Gasteiger partial charge in [0.05, 0.1) is 21.2 Å². The molecule has 0 N–H and O–H groups in total. The van der Waals surface area contributed by atoms with Crippen molar-refractivity contribution >= 4 is 33.1 Å². The largest absolute Gasteiger partial charge is 0.347 e. The van der Waals surface area contributed by atoms with Crippen LogP contribution in [0.3, 0.4) is 0 Å². The van der Waals surface area contributed by atoms with Gasteiger partial charge in [0.1, 0.15) is 16.9 Å². The molecule has 1 saturated heterocycles. The average Bonchev–Trinajstić information content (AvgIpc) is 3.27. The number of hydrogen-bond donors (Lipinski definition) is 0. The van der Waals surface area contributed by atoms with Gasteiger partial charge in [-0.3, -0.25) is 10.1 Å². The van der Waals surface area contributed by atoms with Gasteiger partial charge in [0.25, 0.3) is 0 Å². The van der Waals surface area contributed by atoms with Gasteiger partial charge in [0.15, 0.2) is 0 Å². The molecular weight excluding hydrogens is 338 g/mol. The number of nitrogens with zero attached hydrogens (tertiary/aromatic N) is 5. The second-order valence-electron chi connectivity index (χ2n) is 5.78. The summed E-state index contributed by atoms with van der Waals surface area (Å²) in [7, 11) is 0. The van der Waals surface area contributed by atoms with Crippen LogP contribution in [0.1, 0.15) is 29.6 Å². The Kier molecular flexibility index (Phi) is 3.78. The minimum Gasteiger partial charge on any atom is -0.347 e. The number of nitriles is 1. The second kappa shape index (κ2) is 6.11. The van der Waals surface area contributed by atoms with E-state index in [2.05, 4.69) is 9.88 Å². The summed E-state index contributed by atoms with van der Waals surface area (Å²) in [5, 5.41) is 21.2. The van der Waals surface area contributed by atoms with Crippen molar-refractivity contribution in [2.75, 3.05) is 11.4 Å². The highest BCUT2D eigenvalue weighted by atomic mass is 32.1. The molecule has 1 fully saturated rings. The molecule has 0 saturated carbocycles. The Morgan fingerprint density at radius 3 is 2.88 bits per heavy atom. The zero-order chi connectivity index (χ0) is 17.4. The minimum atomic E-state index is -0.579. The fourth-order valence-corrected chi connectivity index (χ4v) is 4.28. The van der Waals surface area contributed by atoms with Gasteiger partial charge in [-0.1, -0.05) is 12.1 Å². The van der Waals surface area contributed by atoms with Gasteiger partial charge in [0.2, 0.25) is 5.69 Å². The molecule has 1 atom stereocenters. The fraction of sp³-hybridized carbons (Fsp3) is 0.235. The standard InChI is InChI=1S/C17H13N5O2S/c18-10-12-13(22(23)24)7-8-16(19-12)21-9-3-5-14(21)17-20-11-4-1-2-6-15(11)25-17/h1-2,4,6-8,14H,3,5,9H2. The molecule has 3 aromatic rings. The van der Waals surface area contributed by atoms with Crippen LogP contribution in [-0.2, 0) is 0 Å². The quantitative estimate of drug-likeness (QED) is 0.526. The molecule has 1 aliphatic rings. The third-order valence-electron chi connectivity index (χ3n) is 4.30. The highest BCUT2D eigenvalue weighted by Crippen LogP contribution is 2.39. The Balaban J connectivity index is 1.72. The van der Waals surface area contributed by atoms with Gasteiger partial charge >= 0.3 is 5.69 Å². The predicted molar refractivity (Wildman–Crippen MR) is 94.5 cm³/mol. The van der Waals surface area contributed by atoms with E-state index in [4.69, 9.17) is 10.2 Å². The summed E-state index contributed by atoms with van der Waals surface area (Å²) < 4.78 is 1.14. The van der Waals surface area contributed by atoms with E-state index in [0.29, 0.717) is 5.82 Å². The first kappa shape index (κ1) is 15.5. The van der Waals surface area contributed by atoms with Crippen LogP contribution in [0.2, 0.25) is 0 Å². The van der Waals surface area contributed by atoms with E-state index in [-0.39, 0.29) is 17.4 Å². The molecule has 124 valence electrons. The molecule has 8 heteroatoms. The van der Waals surface area contributed by atoms with Crippen molar-refractivity contribution in [3.05, 3.63) is 57.2 Å². The van der Waals surface area contributed by atoms with Crippen LogP contribution in [0.5, 0.6) is 0 Å². The van der Waals surface area contributed by atoms with Gasteiger partial charge in [0, 0.05) is 12.6 Å². The van der Waals surface area contributed by atoms with Crippen molar-refractivity contribution in [1.82, 2.24) is 9.97 Å². The first-order valence-corrected chi connectivity index (χ1v) is 8.66. The lowest BCUT2D eigenvalue weighted by Crippen LogP contribution is -2.23. The average molecular weight is 351 g/mol. The topological polar surface area (TPSA) is 96.0 Å². The Morgan fingerprint density at radius 2 is 2.12 bits per heavy atom. The zero-order valence-electron chi connectivity index (χ0n) is 13.1. The molecule has 3 heterocycles. The predicted octanol–water partition coefficient (Wildman–Crippen LogP) is 3.81. The van der Waals surface area contributed by atoms with E-state index in [9.17, 15) is 10.1 Å². The van der Waals surface area contributed by atoms with Crippen LogP contribution in [0.4, 0.5) is 11.5 Å². The summed E-state index contributed by atoms with van der Waals surface area (Å²) in [6, 6.07) is 12.9. The molecule has 0 spiro atoms. The summed E-state index contributed by atoms with van der Waals surface area (Å²) in [4.78, 5) is 21.5. The normalized spacial score (nSPS) is 16.9. The van der Waals surface area contributed by atoms with Crippen LogP contribution in [-0.4, -0.2) is 21.4 Å². The van der Waals surface area contributed by atoms with E-state index < -0.39 is 4.92 Å². The van der Waals surface area contributed by atoms with Crippen LogP contribution >= 0.6 is 11.3 Å². The monoisotopic (exact) mass is 351 g/mol. The lowest BCUT2D eigenvalue weighted by molar-refractivity contribution is -0.385. The van der Waals surface area contributed by atoms with E-state index in [1.54, 1.807) is 17.4 Å². The van der Waals surface area contributed by atoms with Crippen molar-refractivity contribution < 1.29 is 4.92 Å². The summed E-state index contributed by atoms with van der Waals surface area (Å²) >= 11 is 1.66. The number of pyridine rings is 1. The van der Waals surface area contributed by atoms with Crippen LogP contribution < -0.4 is 4.90 Å². The Labute approximate surface area is 147 Å². The third kappa shape index (κ3) is 2.68. The van der Waals surface area contributed by atoms with Crippen LogP contribution in [0.15, 0.2) is 36.4 Å². The molecule has 1 aliphatic heterocycles. The molecule has 0 aliphatic carbocycles. The van der Waals surface area contributed by atoms with Gasteiger partial charge in [-0.15, -0.1) is 11.3 Å². The van der Waals surface area contributed by atoms with Gasteiger partial charge in [-0.25, -0.2) is 9.97 Å². The van der Waals surface area contributed by atoms with Crippen LogP contribution in [0.25, 0.3) is 10.2 Å². The third-order valence-corrected chi connectivity index (χ3v) is 5.44. The molecule has 7 nitrogen and oxygen atoms in total. The number of thiazole rings is 1. The molecule has 4 rings (SSSR count). The van der Waals surface area contributed by atoms with Crippen molar-refractivity contribution in [2.24, 2.45) is 0 Å². The van der Waals surface area contributed by atoms with Crippen molar-refractivity contribution in [1.29, 1.82) is 5.26 Å². The second-order valence-corrected chi connectivity index (χ2v) is 6.84. The minimum absolute atomic E-state index is 0.0814. The van der Waals surface area contributed by atoms with E-state index >= 15 is 0 Å². The number of para-hydroxylation sites is 1.